The third-order valence-corrected chi connectivity index (χ3v) is 5.75. The van der Waals surface area contributed by atoms with Crippen molar-refractivity contribution < 1.29 is 19.2 Å². The van der Waals surface area contributed by atoms with Gasteiger partial charge in [-0.2, -0.15) is 0 Å². The lowest BCUT2D eigenvalue weighted by atomic mass is 9.73. The van der Waals surface area contributed by atoms with E-state index in [0.29, 0.717) is 6.42 Å². The molecule has 25 heavy (non-hydrogen) atoms. The quantitative estimate of drug-likeness (QED) is 0.666. The Bertz CT molecular complexity index is 587. The summed E-state index contributed by atoms with van der Waals surface area (Å²) < 4.78 is 0. The van der Waals surface area contributed by atoms with Gasteiger partial charge in [0.25, 0.3) is 5.91 Å². The van der Waals surface area contributed by atoms with Gasteiger partial charge in [-0.25, -0.2) is 9.59 Å². The number of nitrogens with zero attached hydrogens (tertiary/aromatic N) is 1. The number of amides is 6. The van der Waals surface area contributed by atoms with Gasteiger partial charge in [-0.05, 0) is 31.6 Å². The van der Waals surface area contributed by atoms with Crippen molar-refractivity contribution in [3.05, 3.63) is 0 Å². The summed E-state index contributed by atoms with van der Waals surface area (Å²) >= 11 is 0. The Kier molecular flexibility index (Phi) is 4.96. The molecule has 2 atom stereocenters. The van der Waals surface area contributed by atoms with Crippen molar-refractivity contribution >= 4 is 23.9 Å². The lowest BCUT2D eigenvalue weighted by Gasteiger charge is -2.36. The summed E-state index contributed by atoms with van der Waals surface area (Å²) in [5, 5.41) is 7.75. The van der Waals surface area contributed by atoms with Crippen LogP contribution in [0.25, 0.3) is 0 Å². The summed E-state index contributed by atoms with van der Waals surface area (Å²) in [5.41, 5.74) is -0.887. The largest absolute Gasteiger partial charge is 0.335 e. The number of imide groups is 2. The number of hydrogen-bond acceptors (Lipinski definition) is 4. The van der Waals surface area contributed by atoms with E-state index >= 15 is 0 Å². The molecule has 2 aliphatic carbocycles. The Morgan fingerprint density at radius 2 is 1.84 bits per heavy atom. The normalized spacial score (nSPS) is 29.8. The number of rotatable bonds is 3. The minimum absolute atomic E-state index is 0.0384. The van der Waals surface area contributed by atoms with Crippen LogP contribution < -0.4 is 16.0 Å². The lowest BCUT2D eigenvalue weighted by molar-refractivity contribution is -0.137. The molecule has 6 amide bonds. The number of nitrogens with one attached hydrogen (secondary N) is 3. The second-order valence-corrected chi connectivity index (χ2v) is 7.44. The molecule has 138 valence electrons. The Morgan fingerprint density at radius 3 is 2.52 bits per heavy atom. The van der Waals surface area contributed by atoms with Crippen molar-refractivity contribution in [3.63, 3.8) is 0 Å². The summed E-state index contributed by atoms with van der Waals surface area (Å²) in [6, 6.07) is -1.02. The van der Waals surface area contributed by atoms with Crippen molar-refractivity contribution in [2.75, 3.05) is 6.54 Å². The second kappa shape index (κ2) is 7.01. The van der Waals surface area contributed by atoms with Gasteiger partial charge >= 0.3 is 12.1 Å². The van der Waals surface area contributed by atoms with Crippen LogP contribution in [0.15, 0.2) is 0 Å². The summed E-state index contributed by atoms with van der Waals surface area (Å²) in [4.78, 5) is 49.8. The van der Waals surface area contributed by atoms with E-state index in [1.54, 1.807) is 0 Å². The zero-order valence-corrected chi connectivity index (χ0v) is 14.6. The standard InChI is InChI=1S/C17H26N4O4/c1-11-6-4-5-9-17(11)14(23)21(16(25)20-17)10-13(22)19-15(24)18-12-7-2-3-8-12/h11-12H,2-10H2,1H3,(H,20,25)(H2,18,19,22,24)/t11-,17-/m1/s1. The molecule has 3 aliphatic rings. The van der Waals surface area contributed by atoms with Crippen LogP contribution in [0.4, 0.5) is 9.59 Å². The molecule has 0 aromatic carbocycles. The molecule has 8 heteroatoms. The molecule has 0 bridgehead atoms. The van der Waals surface area contributed by atoms with Gasteiger partial charge in [-0.3, -0.25) is 19.8 Å². The first-order valence-electron chi connectivity index (χ1n) is 9.17. The number of carbonyl (C=O) groups excluding carboxylic acids is 4. The zero-order chi connectivity index (χ0) is 18.0. The van der Waals surface area contributed by atoms with E-state index in [9.17, 15) is 19.2 Å². The van der Waals surface area contributed by atoms with E-state index in [0.717, 1.165) is 49.8 Å². The van der Waals surface area contributed by atoms with Crippen LogP contribution in [0.3, 0.4) is 0 Å². The minimum atomic E-state index is -0.887. The van der Waals surface area contributed by atoms with Crippen molar-refractivity contribution in [3.8, 4) is 0 Å². The molecule has 1 aliphatic heterocycles. The minimum Gasteiger partial charge on any atom is -0.335 e. The highest BCUT2D eigenvalue weighted by Gasteiger charge is 2.55. The number of hydrogen-bond donors (Lipinski definition) is 3. The fourth-order valence-corrected chi connectivity index (χ4v) is 4.24. The smallest absolute Gasteiger partial charge is 0.325 e. The van der Waals surface area contributed by atoms with E-state index in [-0.39, 0.29) is 17.9 Å². The first kappa shape index (κ1) is 17.7. The molecule has 3 fully saturated rings. The first-order chi connectivity index (χ1) is 11.9. The van der Waals surface area contributed by atoms with Gasteiger partial charge in [-0.1, -0.05) is 32.6 Å². The molecule has 1 saturated heterocycles. The fourth-order valence-electron chi connectivity index (χ4n) is 4.24. The summed E-state index contributed by atoms with van der Waals surface area (Å²) in [5.74, 6) is -0.966. The predicted octanol–water partition coefficient (Wildman–Crippen LogP) is 1.26. The van der Waals surface area contributed by atoms with Crippen molar-refractivity contribution in [1.82, 2.24) is 20.9 Å². The predicted molar refractivity (Wildman–Crippen MR) is 89.5 cm³/mol. The van der Waals surface area contributed by atoms with E-state index in [4.69, 9.17) is 0 Å². The lowest BCUT2D eigenvalue weighted by Crippen LogP contribution is -2.54. The molecule has 3 rings (SSSR count). The van der Waals surface area contributed by atoms with Crippen LogP contribution in [0.1, 0.15) is 58.3 Å². The fraction of sp³-hybridized carbons (Fsp3) is 0.765. The van der Waals surface area contributed by atoms with Gasteiger partial charge in [-0.15, -0.1) is 0 Å². The molecule has 3 N–H and O–H groups in total. The zero-order valence-electron chi connectivity index (χ0n) is 14.6. The maximum absolute atomic E-state index is 12.8. The monoisotopic (exact) mass is 350 g/mol. The Morgan fingerprint density at radius 1 is 1.16 bits per heavy atom. The molecular formula is C17H26N4O4. The summed E-state index contributed by atoms with van der Waals surface area (Å²) in [6.45, 7) is 1.52. The second-order valence-electron chi connectivity index (χ2n) is 7.44. The Balaban J connectivity index is 1.56. The van der Waals surface area contributed by atoms with E-state index in [2.05, 4.69) is 16.0 Å². The van der Waals surface area contributed by atoms with Crippen LogP contribution in [0, 0.1) is 5.92 Å². The third-order valence-electron chi connectivity index (χ3n) is 5.75. The molecule has 1 spiro atoms. The van der Waals surface area contributed by atoms with Gasteiger partial charge in [0.2, 0.25) is 5.91 Å². The van der Waals surface area contributed by atoms with Crippen LogP contribution in [0.5, 0.6) is 0 Å². The van der Waals surface area contributed by atoms with Crippen LogP contribution in [-0.4, -0.2) is 46.9 Å². The number of urea groups is 2. The maximum Gasteiger partial charge on any atom is 0.325 e. The van der Waals surface area contributed by atoms with Gasteiger partial charge in [0, 0.05) is 6.04 Å². The Labute approximate surface area is 147 Å². The van der Waals surface area contributed by atoms with E-state index in [1.165, 1.54) is 0 Å². The van der Waals surface area contributed by atoms with Gasteiger partial charge < -0.3 is 10.6 Å². The molecule has 1 heterocycles. The SMILES string of the molecule is C[C@@H]1CCCC[C@@]12NC(=O)N(CC(=O)NC(=O)NC1CCCC1)C2=O. The molecule has 0 unspecified atom stereocenters. The topological polar surface area (TPSA) is 108 Å². The average Bonchev–Trinajstić information content (AvgIpc) is 3.13. The van der Waals surface area contributed by atoms with Crippen molar-refractivity contribution in [2.45, 2.75) is 69.9 Å². The molecule has 0 radical (unpaired) electrons. The van der Waals surface area contributed by atoms with Gasteiger partial charge in [0.05, 0.1) is 0 Å². The molecule has 0 aromatic heterocycles. The average molecular weight is 350 g/mol. The molecule has 2 saturated carbocycles. The van der Waals surface area contributed by atoms with E-state index in [1.807, 2.05) is 6.92 Å². The maximum atomic E-state index is 12.8. The van der Waals surface area contributed by atoms with Crippen LogP contribution in [0.2, 0.25) is 0 Å². The third kappa shape index (κ3) is 3.48. The van der Waals surface area contributed by atoms with Crippen LogP contribution >= 0.6 is 0 Å². The molecular weight excluding hydrogens is 324 g/mol. The summed E-state index contributed by atoms with van der Waals surface area (Å²) in [6.07, 6.45) is 7.34. The number of carbonyl (C=O) groups is 4. The highest BCUT2D eigenvalue weighted by atomic mass is 16.2. The van der Waals surface area contributed by atoms with Crippen molar-refractivity contribution in [2.24, 2.45) is 5.92 Å². The van der Waals surface area contributed by atoms with Gasteiger partial charge in [0.15, 0.2) is 0 Å². The highest BCUT2D eigenvalue weighted by molar-refractivity contribution is 6.10. The van der Waals surface area contributed by atoms with Crippen LogP contribution in [-0.2, 0) is 9.59 Å². The first-order valence-corrected chi connectivity index (χ1v) is 9.17. The van der Waals surface area contributed by atoms with Gasteiger partial charge in [0.1, 0.15) is 12.1 Å². The van der Waals surface area contributed by atoms with Crippen molar-refractivity contribution in [1.29, 1.82) is 0 Å². The molecule has 0 aromatic rings. The summed E-state index contributed by atoms with van der Waals surface area (Å²) in [7, 11) is 0. The molecule has 8 nitrogen and oxygen atoms in total. The highest BCUT2D eigenvalue weighted by Crippen LogP contribution is 2.38. The van der Waals surface area contributed by atoms with E-state index < -0.39 is 30.1 Å². The Hall–Kier alpha value is -2.12.